The summed E-state index contributed by atoms with van der Waals surface area (Å²) >= 11 is 12.4. The topological polar surface area (TPSA) is 28.2 Å². The summed E-state index contributed by atoms with van der Waals surface area (Å²) < 4.78 is 0. The lowest BCUT2D eigenvalue weighted by Gasteiger charge is -2.21. The maximum Gasteiger partial charge on any atom is 0.0745 e. The van der Waals surface area contributed by atoms with Crippen LogP contribution in [0.5, 0.6) is 0 Å². The third kappa shape index (κ3) is 6.50. The van der Waals surface area contributed by atoms with E-state index in [1.807, 2.05) is 36.4 Å². The predicted molar refractivity (Wildman–Crippen MR) is 134 cm³/mol. The number of hydrogen-bond donors (Lipinski definition) is 1. The molecule has 0 radical (unpaired) electrons. The van der Waals surface area contributed by atoms with Gasteiger partial charge in [0.2, 0.25) is 0 Å². The first-order valence-electron chi connectivity index (χ1n) is 9.69. The molecular weight excluding hydrogens is 448 g/mol. The van der Waals surface area contributed by atoms with E-state index >= 15 is 0 Å². The lowest BCUT2D eigenvalue weighted by Crippen LogP contribution is -2.25. The quantitative estimate of drug-likeness (QED) is 0.342. The summed E-state index contributed by atoms with van der Waals surface area (Å²) in [4.78, 5) is 7.23. The molecule has 7 heteroatoms. The first kappa shape index (κ1) is 26.1. The molecule has 0 bridgehead atoms. The molecule has 0 saturated carbocycles. The second-order valence-corrected chi connectivity index (χ2v) is 7.90. The molecular formula is C22H29Cl4N3. The van der Waals surface area contributed by atoms with Crippen LogP contribution in [0.4, 0.5) is 5.69 Å². The second kappa shape index (κ2) is 12.0. The van der Waals surface area contributed by atoms with Crippen LogP contribution in [0.25, 0.3) is 21.8 Å². The van der Waals surface area contributed by atoms with Crippen LogP contribution in [-0.4, -0.2) is 35.6 Å². The molecule has 1 atom stereocenters. The van der Waals surface area contributed by atoms with Crippen LogP contribution < -0.4 is 5.32 Å². The molecule has 1 aromatic heterocycles. The maximum absolute atomic E-state index is 6.19. The summed E-state index contributed by atoms with van der Waals surface area (Å²) in [5.74, 6) is 0. The average Bonchev–Trinajstić information content (AvgIpc) is 2.64. The van der Waals surface area contributed by atoms with Crippen LogP contribution in [-0.2, 0) is 0 Å². The number of halogens is 4. The molecule has 3 aromatic rings. The van der Waals surface area contributed by atoms with Crippen molar-refractivity contribution in [3.05, 3.63) is 46.4 Å². The van der Waals surface area contributed by atoms with Crippen LogP contribution in [0.1, 0.15) is 33.6 Å². The zero-order valence-corrected chi connectivity index (χ0v) is 20.2. The van der Waals surface area contributed by atoms with Gasteiger partial charge in [-0.2, -0.15) is 0 Å². The molecule has 1 heterocycles. The van der Waals surface area contributed by atoms with Gasteiger partial charge in [-0.1, -0.05) is 37.0 Å². The molecule has 0 amide bonds. The van der Waals surface area contributed by atoms with Gasteiger partial charge < -0.3 is 10.2 Å². The van der Waals surface area contributed by atoms with E-state index in [0.29, 0.717) is 16.1 Å². The molecule has 0 fully saturated rings. The van der Waals surface area contributed by atoms with Gasteiger partial charge in [0, 0.05) is 26.9 Å². The van der Waals surface area contributed by atoms with Crippen LogP contribution in [0.2, 0.25) is 10.0 Å². The third-order valence-electron chi connectivity index (χ3n) is 5.10. The molecule has 0 saturated heterocycles. The van der Waals surface area contributed by atoms with Gasteiger partial charge in [0.15, 0.2) is 0 Å². The fourth-order valence-corrected chi connectivity index (χ4v) is 3.86. The summed E-state index contributed by atoms with van der Waals surface area (Å²) in [5, 5.41) is 7.29. The van der Waals surface area contributed by atoms with Crippen molar-refractivity contribution in [2.45, 2.75) is 39.7 Å². The predicted octanol–water partition coefficient (Wildman–Crippen LogP) is 7.46. The number of nitrogens with one attached hydrogen (secondary N) is 1. The number of rotatable bonds is 8. The molecule has 2 aromatic carbocycles. The van der Waals surface area contributed by atoms with Gasteiger partial charge in [0.1, 0.15) is 0 Å². The zero-order chi connectivity index (χ0) is 19.4. The highest BCUT2D eigenvalue weighted by Gasteiger charge is 2.13. The maximum atomic E-state index is 6.19. The second-order valence-electron chi connectivity index (χ2n) is 7.02. The van der Waals surface area contributed by atoms with Crippen molar-refractivity contribution >= 4 is 75.5 Å². The first-order valence-corrected chi connectivity index (χ1v) is 10.4. The van der Waals surface area contributed by atoms with Crippen molar-refractivity contribution in [1.29, 1.82) is 0 Å². The fourth-order valence-electron chi connectivity index (χ4n) is 3.53. The number of hydrogen-bond acceptors (Lipinski definition) is 3. The van der Waals surface area contributed by atoms with Crippen molar-refractivity contribution in [2.75, 3.05) is 25.0 Å². The van der Waals surface area contributed by atoms with E-state index in [2.05, 4.69) is 31.0 Å². The lowest BCUT2D eigenvalue weighted by molar-refractivity contribution is 0.295. The van der Waals surface area contributed by atoms with E-state index < -0.39 is 0 Å². The lowest BCUT2D eigenvalue weighted by atomic mass is 10.1. The Balaban J connectivity index is 0.00000210. The van der Waals surface area contributed by atoms with Crippen LogP contribution >= 0.6 is 48.0 Å². The highest BCUT2D eigenvalue weighted by molar-refractivity contribution is 6.32. The Morgan fingerprint density at radius 2 is 1.45 bits per heavy atom. The Labute approximate surface area is 196 Å². The molecule has 0 aliphatic rings. The Morgan fingerprint density at radius 3 is 1.93 bits per heavy atom. The summed E-state index contributed by atoms with van der Waals surface area (Å²) in [6.07, 6.45) is 2.29. The van der Waals surface area contributed by atoms with Gasteiger partial charge in [-0.3, -0.25) is 0 Å². The minimum absolute atomic E-state index is 0. The van der Waals surface area contributed by atoms with Crippen molar-refractivity contribution in [1.82, 2.24) is 9.88 Å². The van der Waals surface area contributed by atoms with E-state index in [9.17, 15) is 0 Å². The number of aromatic nitrogens is 1. The summed E-state index contributed by atoms with van der Waals surface area (Å²) in [6, 6.07) is 12.1. The summed E-state index contributed by atoms with van der Waals surface area (Å²) in [7, 11) is 0. The van der Waals surface area contributed by atoms with Crippen molar-refractivity contribution in [3.8, 4) is 0 Å². The SMILES string of the molecule is CCN(CC)CCCC(C)Nc1c2ccc(Cl)cc2nc2cc(Cl)ccc12.Cl.Cl. The van der Waals surface area contributed by atoms with E-state index in [-0.39, 0.29) is 24.8 Å². The molecule has 3 rings (SSSR count). The average molecular weight is 477 g/mol. The molecule has 0 aliphatic heterocycles. The van der Waals surface area contributed by atoms with E-state index in [1.165, 1.54) is 6.42 Å². The normalized spacial score (nSPS) is 11.9. The number of pyridine rings is 1. The molecule has 3 nitrogen and oxygen atoms in total. The first-order chi connectivity index (χ1) is 13.0. The van der Waals surface area contributed by atoms with Crippen LogP contribution in [0.3, 0.4) is 0 Å². The highest BCUT2D eigenvalue weighted by Crippen LogP contribution is 2.34. The van der Waals surface area contributed by atoms with Crippen molar-refractivity contribution in [3.63, 3.8) is 0 Å². The van der Waals surface area contributed by atoms with E-state index in [1.54, 1.807) is 0 Å². The highest BCUT2D eigenvalue weighted by atomic mass is 35.5. The summed E-state index contributed by atoms with van der Waals surface area (Å²) in [5.41, 5.74) is 2.88. The van der Waals surface area contributed by atoms with E-state index in [0.717, 1.165) is 53.5 Å². The number of nitrogens with zero attached hydrogens (tertiary/aromatic N) is 2. The smallest absolute Gasteiger partial charge is 0.0745 e. The molecule has 1 unspecified atom stereocenters. The third-order valence-corrected chi connectivity index (χ3v) is 5.57. The van der Waals surface area contributed by atoms with Crippen LogP contribution in [0, 0.1) is 0 Å². The Hall–Kier alpha value is -0.970. The van der Waals surface area contributed by atoms with E-state index in [4.69, 9.17) is 28.2 Å². The Kier molecular flexibility index (Phi) is 10.8. The van der Waals surface area contributed by atoms with Crippen molar-refractivity contribution < 1.29 is 0 Å². The molecule has 160 valence electrons. The van der Waals surface area contributed by atoms with Gasteiger partial charge in [0.25, 0.3) is 0 Å². The standard InChI is InChI=1S/C22H27Cl2N3.2ClH/c1-4-27(5-2)12-6-7-15(3)25-22-18-10-8-16(23)13-20(18)26-21-14-17(24)9-11-19(21)22;;/h8-11,13-15H,4-7,12H2,1-3H3,(H,25,26);2*1H. The molecule has 1 N–H and O–H groups in total. The van der Waals surface area contributed by atoms with Gasteiger partial charge in [0.05, 0.1) is 16.7 Å². The summed E-state index contributed by atoms with van der Waals surface area (Å²) in [6.45, 7) is 10.0. The number of benzene rings is 2. The van der Waals surface area contributed by atoms with Crippen LogP contribution in [0.15, 0.2) is 36.4 Å². The monoisotopic (exact) mass is 475 g/mol. The number of fused-ring (bicyclic) bond motifs is 2. The van der Waals surface area contributed by atoms with Gasteiger partial charge >= 0.3 is 0 Å². The number of anilines is 1. The minimum Gasteiger partial charge on any atom is -0.381 e. The largest absolute Gasteiger partial charge is 0.381 e. The van der Waals surface area contributed by atoms with Gasteiger partial charge in [-0.25, -0.2) is 4.98 Å². The van der Waals surface area contributed by atoms with Crippen molar-refractivity contribution in [2.24, 2.45) is 0 Å². The van der Waals surface area contributed by atoms with Gasteiger partial charge in [-0.15, -0.1) is 24.8 Å². The molecule has 29 heavy (non-hydrogen) atoms. The zero-order valence-electron chi connectivity index (χ0n) is 17.0. The Morgan fingerprint density at radius 1 is 0.931 bits per heavy atom. The minimum atomic E-state index is 0. The Bertz CT molecular complexity index is 869. The fraction of sp³-hybridized carbons (Fsp3) is 0.409. The molecule has 0 aliphatic carbocycles. The molecule has 0 spiro atoms. The van der Waals surface area contributed by atoms with Gasteiger partial charge in [-0.05, 0) is 75.8 Å².